The molecule has 3 heterocycles. The summed E-state index contributed by atoms with van der Waals surface area (Å²) in [4.78, 5) is 17.0. The minimum atomic E-state index is -0.0732. The fraction of sp³-hybridized carbons (Fsp3) is 0.562. The van der Waals surface area contributed by atoms with E-state index in [1.165, 1.54) is 6.42 Å². The van der Waals surface area contributed by atoms with Crippen LogP contribution in [-0.4, -0.2) is 40.1 Å². The first-order chi connectivity index (χ1) is 10.6. The van der Waals surface area contributed by atoms with Crippen LogP contribution in [0.5, 0.6) is 0 Å². The molecule has 0 saturated carbocycles. The highest BCUT2D eigenvalue weighted by Gasteiger charge is 2.20. The molecule has 0 aliphatic carbocycles. The summed E-state index contributed by atoms with van der Waals surface area (Å²) in [5.41, 5.74) is 3.85. The van der Waals surface area contributed by atoms with Gasteiger partial charge in [-0.2, -0.15) is 5.10 Å². The van der Waals surface area contributed by atoms with Gasteiger partial charge in [0.05, 0.1) is 5.69 Å². The highest BCUT2D eigenvalue weighted by atomic mass is 35.5. The molecule has 2 aromatic heterocycles. The average Bonchev–Trinajstić information content (AvgIpc) is 3.06. The lowest BCUT2D eigenvalue weighted by Crippen LogP contribution is -2.27. The summed E-state index contributed by atoms with van der Waals surface area (Å²) >= 11 is 0. The molecule has 2 aromatic rings. The molecule has 1 saturated heterocycles. The Morgan fingerprint density at radius 3 is 2.91 bits per heavy atom. The van der Waals surface area contributed by atoms with E-state index in [0.717, 1.165) is 36.6 Å². The molecule has 6 nitrogen and oxygen atoms in total. The summed E-state index contributed by atoms with van der Waals surface area (Å²) in [6.45, 7) is 8.62. The van der Waals surface area contributed by atoms with Gasteiger partial charge in [-0.3, -0.25) is 4.79 Å². The predicted octanol–water partition coefficient (Wildman–Crippen LogP) is 1.81. The second kappa shape index (κ2) is 7.27. The fourth-order valence-electron chi connectivity index (χ4n) is 3.13. The topological polar surface area (TPSA) is 71.3 Å². The molecule has 7 heteroatoms. The largest absolute Gasteiger partial charge is 0.352 e. The van der Waals surface area contributed by atoms with Gasteiger partial charge >= 0.3 is 0 Å². The molecule has 0 spiro atoms. The Kier molecular flexibility index (Phi) is 5.59. The number of carbonyl (C=O) groups is 1. The molecule has 2 N–H and O–H groups in total. The van der Waals surface area contributed by atoms with Gasteiger partial charge < -0.3 is 10.6 Å². The Hall–Kier alpha value is -1.66. The van der Waals surface area contributed by atoms with Crippen LogP contribution in [0, 0.1) is 26.7 Å². The first-order valence-corrected chi connectivity index (χ1v) is 7.88. The number of carbonyl (C=O) groups excluding carboxylic acids is 1. The van der Waals surface area contributed by atoms with Gasteiger partial charge in [0, 0.05) is 17.9 Å². The molecule has 0 bridgehead atoms. The standard InChI is InChI=1S/C16H23N5O.ClH/c1-10-8-11(2)21-15(19-10)14(12(3)20-21)16(22)18-7-5-13-4-6-17-9-13;/h8,13,17H,4-7,9H2,1-3H3,(H,18,22);1H. The van der Waals surface area contributed by atoms with Gasteiger partial charge in [-0.05, 0) is 58.7 Å². The second-order valence-electron chi connectivity index (χ2n) is 6.14. The smallest absolute Gasteiger partial charge is 0.257 e. The quantitative estimate of drug-likeness (QED) is 0.892. The molecule has 1 aliphatic rings. The lowest BCUT2D eigenvalue weighted by atomic mass is 10.1. The van der Waals surface area contributed by atoms with E-state index in [-0.39, 0.29) is 18.3 Å². The van der Waals surface area contributed by atoms with Crippen LogP contribution >= 0.6 is 12.4 Å². The zero-order valence-electron chi connectivity index (χ0n) is 13.8. The number of aromatic nitrogens is 3. The fourth-order valence-corrected chi connectivity index (χ4v) is 3.13. The molecule has 1 unspecified atom stereocenters. The van der Waals surface area contributed by atoms with E-state index in [0.29, 0.717) is 23.7 Å². The van der Waals surface area contributed by atoms with E-state index in [4.69, 9.17) is 0 Å². The van der Waals surface area contributed by atoms with Crippen molar-refractivity contribution in [3.63, 3.8) is 0 Å². The molecule has 1 aliphatic heterocycles. The lowest BCUT2D eigenvalue weighted by molar-refractivity contribution is 0.0952. The first kappa shape index (κ1) is 17.7. The number of nitrogens with one attached hydrogen (secondary N) is 2. The maximum atomic E-state index is 12.5. The van der Waals surface area contributed by atoms with Gasteiger partial charge in [0.15, 0.2) is 5.65 Å². The van der Waals surface area contributed by atoms with Gasteiger partial charge in [0.25, 0.3) is 5.91 Å². The zero-order chi connectivity index (χ0) is 15.7. The van der Waals surface area contributed by atoms with Gasteiger partial charge in [0.2, 0.25) is 0 Å². The monoisotopic (exact) mass is 337 g/mol. The summed E-state index contributed by atoms with van der Waals surface area (Å²) < 4.78 is 1.75. The third-order valence-electron chi connectivity index (χ3n) is 4.30. The van der Waals surface area contributed by atoms with E-state index < -0.39 is 0 Å². The van der Waals surface area contributed by atoms with Crippen molar-refractivity contribution in [3.05, 3.63) is 28.7 Å². The van der Waals surface area contributed by atoms with Crippen LogP contribution in [0.2, 0.25) is 0 Å². The van der Waals surface area contributed by atoms with E-state index in [1.54, 1.807) is 4.52 Å². The average molecular weight is 338 g/mol. The third kappa shape index (κ3) is 3.64. The van der Waals surface area contributed by atoms with Crippen molar-refractivity contribution in [2.75, 3.05) is 19.6 Å². The number of amides is 1. The van der Waals surface area contributed by atoms with E-state index in [2.05, 4.69) is 20.7 Å². The Bertz CT molecular complexity index is 706. The van der Waals surface area contributed by atoms with Crippen molar-refractivity contribution in [1.29, 1.82) is 0 Å². The number of fused-ring (bicyclic) bond motifs is 1. The summed E-state index contributed by atoms with van der Waals surface area (Å²) in [5.74, 6) is 0.601. The van der Waals surface area contributed by atoms with Crippen molar-refractivity contribution in [3.8, 4) is 0 Å². The minimum Gasteiger partial charge on any atom is -0.352 e. The molecule has 23 heavy (non-hydrogen) atoms. The SMILES string of the molecule is Cc1cc(C)n2nc(C)c(C(=O)NCCC3CCNC3)c2n1.Cl. The highest BCUT2D eigenvalue weighted by molar-refractivity contribution is 6.01. The van der Waals surface area contributed by atoms with Crippen molar-refractivity contribution in [2.45, 2.75) is 33.6 Å². The van der Waals surface area contributed by atoms with Crippen LogP contribution < -0.4 is 10.6 Å². The molecular formula is C16H24ClN5O. The normalized spacial score (nSPS) is 17.3. The molecule has 126 valence electrons. The van der Waals surface area contributed by atoms with Crippen LogP contribution in [0.25, 0.3) is 5.65 Å². The van der Waals surface area contributed by atoms with Gasteiger partial charge in [0.1, 0.15) is 5.56 Å². The second-order valence-corrected chi connectivity index (χ2v) is 6.14. The number of hydrogen-bond acceptors (Lipinski definition) is 4. The van der Waals surface area contributed by atoms with Crippen LogP contribution in [0.3, 0.4) is 0 Å². The van der Waals surface area contributed by atoms with Crippen molar-refractivity contribution in [2.24, 2.45) is 5.92 Å². The van der Waals surface area contributed by atoms with E-state index in [9.17, 15) is 4.79 Å². The summed E-state index contributed by atoms with van der Waals surface area (Å²) in [6.07, 6.45) is 2.22. The molecule has 1 amide bonds. The van der Waals surface area contributed by atoms with Crippen LogP contribution in [0.4, 0.5) is 0 Å². The maximum Gasteiger partial charge on any atom is 0.257 e. The Morgan fingerprint density at radius 1 is 1.43 bits per heavy atom. The van der Waals surface area contributed by atoms with Gasteiger partial charge in [-0.25, -0.2) is 9.50 Å². The van der Waals surface area contributed by atoms with Gasteiger partial charge in [-0.1, -0.05) is 0 Å². The molecular weight excluding hydrogens is 314 g/mol. The number of hydrogen-bond donors (Lipinski definition) is 2. The Labute approximate surface area is 142 Å². The van der Waals surface area contributed by atoms with Crippen molar-refractivity contribution >= 4 is 24.0 Å². The third-order valence-corrected chi connectivity index (χ3v) is 4.30. The number of halogens is 1. The summed E-state index contributed by atoms with van der Waals surface area (Å²) in [5, 5.41) is 10.8. The molecule has 0 radical (unpaired) electrons. The lowest BCUT2D eigenvalue weighted by Gasteiger charge is -2.09. The maximum absolute atomic E-state index is 12.5. The van der Waals surface area contributed by atoms with Crippen LogP contribution in [0.1, 0.15) is 40.3 Å². The molecule has 1 fully saturated rings. The van der Waals surface area contributed by atoms with E-state index >= 15 is 0 Å². The molecule has 3 rings (SSSR count). The molecule has 0 aromatic carbocycles. The van der Waals surface area contributed by atoms with Crippen LogP contribution in [0.15, 0.2) is 6.07 Å². The first-order valence-electron chi connectivity index (χ1n) is 7.88. The van der Waals surface area contributed by atoms with Crippen molar-refractivity contribution in [1.82, 2.24) is 25.2 Å². The summed E-state index contributed by atoms with van der Waals surface area (Å²) in [7, 11) is 0. The predicted molar refractivity (Wildman–Crippen MR) is 92.4 cm³/mol. The van der Waals surface area contributed by atoms with Crippen LogP contribution in [-0.2, 0) is 0 Å². The zero-order valence-corrected chi connectivity index (χ0v) is 14.7. The Morgan fingerprint density at radius 2 is 2.22 bits per heavy atom. The van der Waals surface area contributed by atoms with Crippen molar-refractivity contribution < 1.29 is 4.79 Å². The number of rotatable bonds is 4. The van der Waals surface area contributed by atoms with Gasteiger partial charge in [-0.15, -0.1) is 12.4 Å². The minimum absolute atomic E-state index is 0. The molecule has 1 atom stereocenters. The number of aryl methyl sites for hydroxylation is 3. The highest BCUT2D eigenvalue weighted by Crippen LogP contribution is 2.16. The summed E-state index contributed by atoms with van der Waals surface area (Å²) in [6, 6.07) is 1.97. The number of nitrogens with zero attached hydrogens (tertiary/aromatic N) is 3. The Balaban J connectivity index is 0.00000192. The van der Waals surface area contributed by atoms with E-state index in [1.807, 2.05) is 26.8 Å².